The molecule has 38 heavy (non-hydrogen) atoms. The molecule has 0 spiro atoms. The van der Waals surface area contributed by atoms with E-state index in [4.69, 9.17) is 14.2 Å². The minimum Gasteiger partial charge on any atom is -0.497 e. The van der Waals surface area contributed by atoms with E-state index in [-0.39, 0.29) is 0 Å². The molecule has 0 bridgehead atoms. The molecule has 1 aromatic heterocycles. The molecule has 4 aromatic rings. The minimum atomic E-state index is -1.86. The van der Waals surface area contributed by atoms with Crippen LogP contribution in [0.2, 0.25) is 0 Å². The summed E-state index contributed by atoms with van der Waals surface area (Å²) < 4.78 is 35.1. The Labute approximate surface area is 217 Å². The van der Waals surface area contributed by atoms with Crippen molar-refractivity contribution in [1.82, 2.24) is 9.55 Å². The van der Waals surface area contributed by atoms with Crippen molar-refractivity contribution in [2.75, 3.05) is 13.7 Å². The Morgan fingerprint density at radius 2 is 1.50 bits per heavy atom. The van der Waals surface area contributed by atoms with Gasteiger partial charge in [-0.15, -0.1) is 0 Å². The second-order valence-corrected chi connectivity index (χ2v) is 8.93. The number of nitrogens with zero attached hydrogens (tertiary/aromatic N) is 1. The Bertz CT molecular complexity index is 1430. The van der Waals surface area contributed by atoms with Crippen molar-refractivity contribution < 1.29 is 23.7 Å². The standard InChI is InChI=1S/C29H27FN2O6/c1-36-22-14-12-21(13-15-22)29(19-8-4-2-5-9-19,20-10-6-3-7-11-20)38-26-23(18-33)37-27(25(26)30)32-17-16-24(34)31-28(32)35/h2-17,23,25-27,33H,18H2,1H3,(H,31,34,35)/t23-,25+,26-,27-/m1/s1. The third-order valence-corrected chi connectivity index (χ3v) is 6.74. The van der Waals surface area contributed by atoms with E-state index in [2.05, 4.69) is 4.98 Å². The molecular weight excluding hydrogens is 491 g/mol. The normalized spacial score (nSPS) is 21.3. The fourth-order valence-corrected chi connectivity index (χ4v) is 4.91. The van der Waals surface area contributed by atoms with Gasteiger partial charge in [-0.2, -0.15) is 0 Å². The highest BCUT2D eigenvalue weighted by Gasteiger charge is 2.52. The minimum absolute atomic E-state index is 0.554. The van der Waals surface area contributed by atoms with Crippen LogP contribution < -0.4 is 16.0 Å². The number of hydrogen-bond acceptors (Lipinski definition) is 6. The number of rotatable bonds is 8. The molecule has 3 aromatic carbocycles. The van der Waals surface area contributed by atoms with Crippen LogP contribution in [0.1, 0.15) is 22.9 Å². The third-order valence-electron chi connectivity index (χ3n) is 6.74. The van der Waals surface area contributed by atoms with Crippen molar-refractivity contribution in [1.29, 1.82) is 0 Å². The van der Waals surface area contributed by atoms with Crippen LogP contribution >= 0.6 is 0 Å². The molecular formula is C29H27FN2O6. The predicted octanol–water partition coefficient (Wildman–Crippen LogP) is 3.15. The predicted molar refractivity (Wildman–Crippen MR) is 138 cm³/mol. The molecule has 1 aliphatic rings. The van der Waals surface area contributed by atoms with Crippen LogP contribution in [0.15, 0.2) is 107 Å². The van der Waals surface area contributed by atoms with Crippen LogP contribution in [-0.4, -0.2) is 46.8 Å². The Kier molecular flexibility index (Phi) is 7.24. The van der Waals surface area contributed by atoms with E-state index in [1.807, 2.05) is 72.8 Å². The van der Waals surface area contributed by atoms with Crippen molar-refractivity contribution in [2.24, 2.45) is 0 Å². The van der Waals surface area contributed by atoms with E-state index in [0.29, 0.717) is 11.3 Å². The van der Waals surface area contributed by atoms with E-state index < -0.39 is 48.1 Å². The summed E-state index contributed by atoms with van der Waals surface area (Å²) in [5, 5.41) is 10.2. The largest absolute Gasteiger partial charge is 0.497 e. The quantitative estimate of drug-likeness (QED) is 0.348. The Balaban J connectivity index is 1.67. The average molecular weight is 519 g/mol. The number of methoxy groups -OCH3 is 1. The molecule has 2 N–H and O–H groups in total. The van der Waals surface area contributed by atoms with Gasteiger partial charge in [-0.25, -0.2) is 9.18 Å². The molecule has 9 heteroatoms. The monoisotopic (exact) mass is 518 g/mol. The van der Waals surface area contributed by atoms with Gasteiger partial charge in [-0.05, 0) is 28.8 Å². The van der Waals surface area contributed by atoms with Crippen molar-refractivity contribution in [3.8, 4) is 5.75 Å². The molecule has 1 saturated heterocycles. The van der Waals surface area contributed by atoms with Crippen LogP contribution in [0, 0.1) is 0 Å². The summed E-state index contributed by atoms with van der Waals surface area (Å²) in [7, 11) is 1.57. The molecule has 1 fully saturated rings. The second kappa shape index (κ2) is 10.7. The molecule has 196 valence electrons. The zero-order valence-electron chi connectivity index (χ0n) is 20.6. The number of halogens is 1. The zero-order chi connectivity index (χ0) is 26.7. The van der Waals surface area contributed by atoms with E-state index >= 15 is 4.39 Å². The number of alkyl halides is 1. The summed E-state index contributed by atoms with van der Waals surface area (Å²) in [6, 6.07) is 27.1. The zero-order valence-corrected chi connectivity index (χ0v) is 20.6. The summed E-state index contributed by atoms with van der Waals surface area (Å²) >= 11 is 0. The Morgan fingerprint density at radius 3 is 2.03 bits per heavy atom. The number of hydrogen-bond donors (Lipinski definition) is 2. The second-order valence-electron chi connectivity index (χ2n) is 8.93. The first-order valence-electron chi connectivity index (χ1n) is 12.1. The van der Waals surface area contributed by atoms with Gasteiger partial charge in [0.15, 0.2) is 12.4 Å². The van der Waals surface area contributed by atoms with Gasteiger partial charge in [-0.1, -0.05) is 72.8 Å². The number of H-pyrrole nitrogens is 1. The Morgan fingerprint density at radius 1 is 0.921 bits per heavy atom. The summed E-state index contributed by atoms with van der Waals surface area (Å²) in [4.78, 5) is 26.1. The van der Waals surface area contributed by atoms with E-state index in [9.17, 15) is 14.7 Å². The van der Waals surface area contributed by atoms with Gasteiger partial charge in [0, 0.05) is 12.3 Å². The first kappa shape index (κ1) is 25.6. The average Bonchev–Trinajstić information content (AvgIpc) is 3.27. The number of benzene rings is 3. The SMILES string of the molecule is COc1ccc(C(O[C@H]2[C@H](F)[C@H](n3ccc(=O)[nH]c3=O)O[C@@H]2CO)(c2ccccc2)c2ccccc2)cc1. The molecule has 2 heterocycles. The highest BCUT2D eigenvalue weighted by Crippen LogP contribution is 2.45. The molecule has 0 amide bonds. The summed E-state index contributed by atoms with van der Waals surface area (Å²) in [5.41, 5.74) is -0.599. The van der Waals surface area contributed by atoms with Crippen LogP contribution in [0.4, 0.5) is 4.39 Å². The molecule has 0 saturated carbocycles. The highest BCUT2D eigenvalue weighted by atomic mass is 19.1. The lowest BCUT2D eigenvalue weighted by Crippen LogP contribution is -2.44. The van der Waals surface area contributed by atoms with E-state index in [0.717, 1.165) is 21.8 Å². The summed E-state index contributed by atoms with van der Waals surface area (Å²) in [6.45, 7) is -0.554. The number of nitrogens with one attached hydrogen (secondary N) is 1. The number of aromatic nitrogens is 2. The molecule has 1 aliphatic heterocycles. The van der Waals surface area contributed by atoms with Crippen molar-refractivity contribution in [3.05, 3.63) is 135 Å². The van der Waals surface area contributed by atoms with Gasteiger partial charge >= 0.3 is 5.69 Å². The fraction of sp³-hybridized carbons (Fsp3) is 0.241. The molecule has 0 radical (unpaired) electrons. The van der Waals surface area contributed by atoms with Crippen molar-refractivity contribution >= 4 is 0 Å². The summed E-state index contributed by atoms with van der Waals surface area (Å²) in [5.74, 6) is 0.641. The smallest absolute Gasteiger partial charge is 0.330 e. The molecule has 5 rings (SSSR count). The molecule has 0 aliphatic carbocycles. The van der Waals surface area contributed by atoms with Gasteiger partial charge < -0.3 is 19.3 Å². The first-order valence-corrected chi connectivity index (χ1v) is 12.1. The Hall–Kier alpha value is -4.05. The van der Waals surface area contributed by atoms with Crippen LogP contribution in [0.5, 0.6) is 5.75 Å². The van der Waals surface area contributed by atoms with Gasteiger partial charge in [0.1, 0.15) is 23.6 Å². The maximum absolute atomic E-state index is 16.2. The highest BCUT2D eigenvalue weighted by molar-refractivity contribution is 5.48. The molecule has 4 atom stereocenters. The van der Waals surface area contributed by atoms with Crippen LogP contribution in [-0.2, 0) is 15.1 Å². The maximum atomic E-state index is 16.2. The van der Waals surface area contributed by atoms with Crippen LogP contribution in [0.25, 0.3) is 0 Å². The van der Waals surface area contributed by atoms with Gasteiger partial charge in [0.05, 0.1) is 13.7 Å². The maximum Gasteiger partial charge on any atom is 0.330 e. The summed E-state index contributed by atoms with van der Waals surface area (Å²) in [6.07, 6.45) is -4.49. The first-order chi connectivity index (χ1) is 18.5. The van der Waals surface area contributed by atoms with Gasteiger partial charge in [0.25, 0.3) is 5.56 Å². The number of aliphatic hydroxyl groups is 1. The fourth-order valence-electron chi connectivity index (χ4n) is 4.91. The lowest BCUT2D eigenvalue weighted by molar-refractivity contribution is -0.105. The third kappa shape index (κ3) is 4.56. The lowest BCUT2D eigenvalue weighted by atomic mass is 9.79. The van der Waals surface area contributed by atoms with Crippen LogP contribution in [0.3, 0.4) is 0 Å². The molecule has 0 unspecified atom stereocenters. The lowest BCUT2D eigenvalue weighted by Gasteiger charge is -2.39. The number of ether oxygens (including phenoxy) is 3. The molecule has 8 nitrogen and oxygen atoms in total. The van der Waals surface area contributed by atoms with Crippen molar-refractivity contribution in [2.45, 2.75) is 30.2 Å². The van der Waals surface area contributed by atoms with Gasteiger partial charge in [-0.3, -0.25) is 14.3 Å². The number of aliphatic hydroxyl groups excluding tert-OH is 1. The number of aromatic amines is 1. The van der Waals surface area contributed by atoms with Gasteiger partial charge in [0.2, 0.25) is 0 Å². The van der Waals surface area contributed by atoms with E-state index in [1.54, 1.807) is 19.2 Å². The van der Waals surface area contributed by atoms with E-state index in [1.165, 1.54) is 6.20 Å². The topological polar surface area (TPSA) is 103 Å². The van der Waals surface area contributed by atoms with Crippen molar-refractivity contribution in [3.63, 3.8) is 0 Å².